The van der Waals surface area contributed by atoms with Crippen molar-refractivity contribution in [2.24, 2.45) is 0 Å². The van der Waals surface area contributed by atoms with Gasteiger partial charge in [0.25, 0.3) is 0 Å². The Bertz CT molecular complexity index is 913. The van der Waals surface area contributed by atoms with Crippen LogP contribution in [0.5, 0.6) is 11.5 Å². The molecular weight excluding hydrogens is 296 g/mol. The van der Waals surface area contributed by atoms with Crippen molar-refractivity contribution in [2.75, 3.05) is 0 Å². The van der Waals surface area contributed by atoms with Gasteiger partial charge in [-0.15, -0.1) is 0 Å². The minimum atomic E-state index is 0.806. The number of benzene rings is 3. The van der Waals surface area contributed by atoms with Gasteiger partial charge in [0.1, 0.15) is 11.5 Å². The highest BCUT2D eigenvalue weighted by molar-refractivity contribution is 5.58. The van der Waals surface area contributed by atoms with E-state index in [0.29, 0.717) is 0 Å². The fraction of sp³-hybridized carbons (Fsp3) is 0. The Balaban J connectivity index is 1.54. The topological polar surface area (TPSA) is 27.1 Å². The monoisotopic (exact) mass is 312 g/mol. The van der Waals surface area contributed by atoms with Crippen LogP contribution in [0.4, 0.5) is 0 Å². The molecule has 0 aliphatic heterocycles. The third-order valence-electron chi connectivity index (χ3n) is 3.74. The second kappa shape index (κ2) is 6.42. The van der Waals surface area contributed by atoms with E-state index >= 15 is 0 Å². The number of aromatic nitrogens is 2. The fourth-order valence-electron chi connectivity index (χ4n) is 2.52. The molecule has 3 nitrogen and oxygen atoms in total. The third-order valence-corrected chi connectivity index (χ3v) is 3.74. The number of rotatable bonds is 4. The Morgan fingerprint density at radius 2 is 1.25 bits per heavy atom. The van der Waals surface area contributed by atoms with Gasteiger partial charge in [-0.3, -0.25) is 0 Å². The van der Waals surface area contributed by atoms with Gasteiger partial charge < -0.3 is 4.74 Å². The lowest BCUT2D eigenvalue weighted by atomic mass is 10.2. The molecule has 0 radical (unpaired) electrons. The zero-order chi connectivity index (χ0) is 16.2. The molecule has 4 rings (SSSR count). The van der Waals surface area contributed by atoms with Crippen molar-refractivity contribution in [2.45, 2.75) is 0 Å². The summed E-state index contributed by atoms with van der Waals surface area (Å²) < 4.78 is 7.68. The second-order valence-electron chi connectivity index (χ2n) is 5.42. The molecule has 0 spiro atoms. The Morgan fingerprint density at radius 1 is 0.625 bits per heavy atom. The number of ether oxygens (including phenoxy) is 1. The predicted octanol–water partition coefficient (Wildman–Crippen LogP) is 5.33. The minimum Gasteiger partial charge on any atom is -0.457 e. The maximum absolute atomic E-state index is 5.81. The normalized spacial score (nSPS) is 10.5. The molecule has 0 atom stereocenters. The molecule has 116 valence electrons. The van der Waals surface area contributed by atoms with Gasteiger partial charge in [-0.05, 0) is 42.5 Å². The van der Waals surface area contributed by atoms with E-state index in [1.807, 2.05) is 89.7 Å². The van der Waals surface area contributed by atoms with E-state index in [1.165, 1.54) is 0 Å². The van der Waals surface area contributed by atoms with Crippen LogP contribution in [0, 0.1) is 0 Å². The zero-order valence-corrected chi connectivity index (χ0v) is 13.0. The van der Waals surface area contributed by atoms with Crippen molar-refractivity contribution in [3.8, 4) is 28.4 Å². The van der Waals surface area contributed by atoms with Gasteiger partial charge in [0.15, 0.2) is 0 Å². The fourth-order valence-corrected chi connectivity index (χ4v) is 2.52. The molecule has 3 aromatic carbocycles. The lowest BCUT2D eigenvalue weighted by molar-refractivity contribution is 0.482. The van der Waals surface area contributed by atoms with Gasteiger partial charge in [0.05, 0.1) is 11.4 Å². The van der Waals surface area contributed by atoms with Gasteiger partial charge in [0.2, 0.25) is 0 Å². The highest BCUT2D eigenvalue weighted by atomic mass is 16.5. The van der Waals surface area contributed by atoms with Crippen LogP contribution in [0.1, 0.15) is 0 Å². The van der Waals surface area contributed by atoms with Gasteiger partial charge in [0, 0.05) is 11.8 Å². The van der Waals surface area contributed by atoms with Gasteiger partial charge in [-0.25, -0.2) is 4.68 Å². The van der Waals surface area contributed by atoms with E-state index in [1.54, 1.807) is 0 Å². The van der Waals surface area contributed by atoms with Crippen LogP contribution in [0.15, 0.2) is 97.2 Å². The molecule has 0 amide bonds. The molecule has 1 heterocycles. The Hall–Kier alpha value is -3.33. The van der Waals surface area contributed by atoms with Crippen LogP contribution < -0.4 is 4.74 Å². The first kappa shape index (κ1) is 14.3. The molecule has 0 aliphatic rings. The summed E-state index contributed by atoms with van der Waals surface area (Å²) in [6.45, 7) is 0. The van der Waals surface area contributed by atoms with Gasteiger partial charge in [-0.2, -0.15) is 5.10 Å². The van der Waals surface area contributed by atoms with E-state index in [4.69, 9.17) is 4.74 Å². The molecule has 0 saturated heterocycles. The first-order valence-corrected chi connectivity index (χ1v) is 7.83. The minimum absolute atomic E-state index is 0.806. The van der Waals surface area contributed by atoms with Crippen molar-refractivity contribution in [1.82, 2.24) is 9.78 Å². The van der Waals surface area contributed by atoms with Gasteiger partial charge >= 0.3 is 0 Å². The first-order valence-electron chi connectivity index (χ1n) is 7.83. The van der Waals surface area contributed by atoms with E-state index in [0.717, 1.165) is 28.4 Å². The molecule has 3 heteroatoms. The smallest absolute Gasteiger partial charge is 0.127 e. The van der Waals surface area contributed by atoms with E-state index in [2.05, 4.69) is 17.2 Å². The number of nitrogens with zero attached hydrogens (tertiary/aromatic N) is 2. The molecule has 0 N–H and O–H groups in total. The summed E-state index contributed by atoms with van der Waals surface area (Å²) in [6, 6.07) is 29.8. The maximum atomic E-state index is 5.81. The maximum Gasteiger partial charge on any atom is 0.127 e. The van der Waals surface area contributed by atoms with Crippen LogP contribution in [0.3, 0.4) is 0 Å². The summed E-state index contributed by atoms with van der Waals surface area (Å²) in [5, 5.41) is 4.64. The van der Waals surface area contributed by atoms with E-state index in [-0.39, 0.29) is 0 Å². The van der Waals surface area contributed by atoms with Crippen molar-refractivity contribution < 1.29 is 4.74 Å². The summed E-state index contributed by atoms with van der Waals surface area (Å²) in [5.74, 6) is 1.64. The molecule has 0 unspecified atom stereocenters. The predicted molar refractivity (Wildman–Crippen MR) is 95.5 cm³/mol. The van der Waals surface area contributed by atoms with Crippen LogP contribution in [0.25, 0.3) is 16.9 Å². The summed E-state index contributed by atoms with van der Waals surface area (Å²) in [7, 11) is 0. The molecule has 0 saturated carbocycles. The van der Waals surface area contributed by atoms with Crippen molar-refractivity contribution in [1.29, 1.82) is 0 Å². The lowest BCUT2D eigenvalue weighted by Crippen LogP contribution is -1.95. The molecule has 0 fully saturated rings. The highest BCUT2D eigenvalue weighted by Gasteiger charge is 2.04. The summed E-state index contributed by atoms with van der Waals surface area (Å²) in [4.78, 5) is 0. The quantitative estimate of drug-likeness (QED) is 0.509. The van der Waals surface area contributed by atoms with Gasteiger partial charge in [-0.1, -0.05) is 48.5 Å². The van der Waals surface area contributed by atoms with Crippen molar-refractivity contribution in [3.63, 3.8) is 0 Å². The largest absolute Gasteiger partial charge is 0.457 e. The second-order valence-corrected chi connectivity index (χ2v) is 5.42. The van der Waals surface area contributed by atoms with Crippen molar-refractivity contribution in [3.05, 3.63) is 97.2 Å². The highest BCUT2D eigenvalue weighted by Crippen LogP contribution is 2.23. The summed E-state index contributed by atoms with van der Waals surface area (Å²) in [6.07, 6.45) is 1.97. The molecule has 24 heavy (non-hydrogen) atoms. The molecule has 4 aromatic rings. The molecule has 0 bridgehead atoms. The third kappa shape index (κ3) is 3.06. The summed E-state index contributed by atoms with van der Waals surface area (Å²) >= 11 is 0. The molecular formula is C21H16N2O. The summed E-state index contributed by atoms with van der Waals surface area (Å²) in [5.41, 5.74) is 3.07. The van der Waals surface area contributed by atoms with E-state index in [9.17, 15) is 0 Å². The average molecular weight is 312 g/mol. The molecule has 1 aromatic heterocycles. The zero-order valence-electron chi connectivity index (χ0n) is 13.0. The van der Waals surface area contributed by atoms with Crippen LogP contribution >= 0.6 is 0 Å². The van der Waals surface area contributed by atoms with Crippen LogP contribution in [-0.4, -0.2) is 9.78 Å². The average Bonchev–Trinajstić information content (AvgIpc) is 3.14. The van der Waals surface area contributed by atoms with Crippen LogP contribution in [-0.2, 0) is 0 Å². The Morgan fingerprint density at radius 3 is 1.96 bits per heavy atom. The number of para-hydroxylation sites is 1. The van der Waals surface area contributed by atoms with Crippen molar-refractivity contribution >= 4 is 0 Å². The Labute approximate surface area is 140 Å². The standard InChI is InChI=1S/C21H16N2O/c1-3-7-17(8-4-1)21-15-16-23(22-21)18-11-13-20(14-12-18)24-19-9-5-2-6-10-19/h1-16H. The number of hydrogen-bond donors (Lipinski definition) is 0. The molecule has 0 aliphatic carbocycles. The lowest BCUT2D eigenvalue weighted by Gasteiger charge is -2.07. The Kier molecular flexibility index (Phi) is 3.82. The van der Waals surface area contributed by atoms with Crippen LogP contribution in [0.2, 0.25) is 0 Å². The SMILES string of the molecule is c1ccc(Oc2ccc(-n3ccc(-c4ccccc4)n3)cc2)cc1. The van der Waals surface area contributed by atoms with E-state index < -0.39 is 0 Å². The first-order chi connectivity index (χ1) is 11.9. The number of hydrogen-bond acceptors (Lipinski definition) is 2.